The van der Waals surface area contributed by atoms with Gasteiger partial charge >= 0.3 is 5.69 Å². The van der Waals surface area contributed by atoms with Crippen LogP contribution in [0.4, 0.5) is 5.69 Å². The monoisotopic (exact) mass is 417 g/mol. The van der Waals surface area contributed by atoms with E-state index in [4.69, 9.17) is 0 Å². The Kier molecular flexibility index (Phi) is 5.06. The molecule has 31 heavy (non-hydrogen) atoms. The number of nitrogens with zero attached hydrogens (tertiary/aromatic N) is 4. The van der Waals surface area contributed by atoms with Gasteiger partial charge in [0.2, 0.25) is 0 Å². The second-order valence-electron chi connectivity index (χ2n) is 7.65. The molecule has 4 aromatic rings. The summed E-state index contributed by atoms with van der Waals surface area (Å²) < 4.78 is 3.86. The third-order valence-electron chi connectivity index (χ3n) is 5.47. The van der Waals surface area contributed by atoms with Crippen molar-refractivity contribution in [3.63, 3.8) is 0 Å². The number of carbonyl (C=O) groups excluding carboxylic acids is 1. The molecule has 0 bridgehead atoms. The van der Waals surface area contributed by atoms with Crippen LogP contribution in [0, 0.1) is 13.8 Å². The van der Waals surface area contributed by atoms with Gasteiger partial charge in [-0.05, 0) is 36.6 Å². The molecular formula is C23H23N5O3. The van der Waals surface area contributed by atoms with E-state index in [1.807, 2.05) is 62.4 Å². The number of amides is 1. The fourth-order valence-electron chi connectivity index (χ4n) is 3.71. The Balaban J connectivity index is 1.92. The third-order valence-corrected chi connectivity index (χ3v) is 5.47. The van der Waals surface area contributed by atoms with Crippen molar-refractivity contribution >= 4 is 22.8 Å². The Hall–Kier alpha value is -3.94. The van der Waals surface area contributed by atoms with Crippen LogP contribution in [0.2, 0.25) is 0 Å². The number of fused-ring (bicyclic) bond motifs is 1. The van der Waals surface area contributed by atoms with Gasteiger partial charge in [-0.2, -0.15) is 0 Å². The molecule has 1 amide bonds. The van der Waals surface area contributed by atoms with Crippen LogP contribution in [0.15, 0.2) is 64.4 Å². The topological polar surface area (TPSA) is 90.9 Å². The fourth-order valence-corrected chi connectivity index (χ4v) is 3.71. The van der Waals surface area contributed by atoms with E-state index in [2.05, 4.69) is 10.3 Å². The summed E-state index contributed by atoms with van der Waals surface area (Å²) in [5, 5.41) is 3.00. The smallest absolute Gasteiger partial charge is 0.324 e. The molecule has 2 aromatic carbocycles. The Morgan fingerprint density at radius 3 is 2.42 bits per heavy atom. The molecule has 0 fully saturated rings. The number of carbonyl (C=O) groups is 1. The van der Waals surface area contributed by atoms with E-state index in [9.17, 15) is 14.4 Å². The number of aryl methyl sites for hydroxylation is 3. The van der Waals surface area contributed by atoms with Crippen LogP contribution in [-0.4, -0.2) is 24.6 Å². The van der Waals surface area contributed by atoms with Crippen molar-refractivity contribution in [2.24, 2.45) is 14.1 Å². The number of anilines is 1. The van der Waals surface area contributed by atoms with E-state index in [0.717, 1.165) is 15.7 Å². The first-order chi connectivity index (χ1) is 14.8. The quantitative estimate of drug-likeness (QED) is 0.552. The maximum Gasteiger partial charge on any atom is 0.332 e. The molecule has 0 aliphatic heterocycles. The van der Waals surface area contributed by atoms with Crippen LogP contribution < -0.4 is 16.6 Å². The van der Waals surface area contributed by atoms with Gasteiger partial charge in [-0.1, -0.05) is 42.5 Å². The van der Waals surface area contributed by atoms with E-state index in [0.29, 0.717) is 11.3 Å². The molecule has 0 unspecified atom stereocenters. The third kappa shape index (κ3) is 3.46. The van der Waals surface area contributed by atoms with E-state index in [-0.39, 0.29) is 17.1 Å². The minimum absolute atomic E-state index is 0.189. The van der Waals surface area contributed by atoms with Gasteiger partial charge in [0.05, 0.1) is 6.33 Å². The van der Waals surface area contributed by atoms with Crippen molar-refractivity contribution in [1.29, 1.82) is 0 Å². The molecule has 0 aliphatic rings. The normalized spacial score (nSPS) is 12.1. The van der Waals surface area contributed by atoms with Gasteiger partial charge in [0.1, 0.15) is 6.04 Å². The van der Waals surface area contributed by atoms with Crippen LogP contribution in [-0.2, 0) is 18.9 Å². The average Bonchev–Trinajstić information content (AvgIpc) is 3.19. The average molecular weight is 417 g/mol. The predicted molar refractivity (Wildman–Crippen MR) is 119 cm³/mol. The van der Waals surface area contributed by atoms with E-state index in [1.165, 1.54) is 22.5 Å². The Morgan fingerprint density at radius 2 is 1.71 bits per heavy atom. The number of hydrogen-bond donors (Lipinski definition) is 1. The fraction of sp³-hybridized carbons (Fsp3) is 0.217. The largest absolute Gasteiger partial charge is 0.332 e. The molecule has 1 atom stereocenters. The molecular weight excluding hydrogens is 394 g/mol. The van der Waals surface area contributed by atoms with Crippen LogP contribution in [0.3, 0.4) is 0 Å². The summed E-state index contributed by atoms with van der Waals surface area (Å²) in [6.45, 7) is 3.88. The molecule has 1 N–H and O–H groups in total. The van der Waals surface area contributed by atoms with Crippen LogP contribution in [0.25, 0.3) is 11.2 Å². The van der Waals surface area contributed by atoms with Crippen molar-refractivity contribution in [2.45, 2.75) is 19.9 Å². The lowest BCUT2D eigenvalue weighted by Gasteiger charge is -2.20. The summed E-state index contributed by atoms with van der Waals surface area (Å²) >= 11 is 0. The zero-order valence-corrected chi connectivity index (χ0v) is 17.8. The Morgan fingerprint density at radius 1 is 1.00 bits per heavy atom. The van der Waals surface area contributed by atoms with E-state index in [1.54, 1.807) is 7.05 Å². The maximum atomic E-state index is 13.5. The van der Waals surface area contributed by atoms with Crippen molar-refractivity contribution in [3.8, 4) is 0 Å². The number of benzene rings is 2. The molecule has 0 aliphatic carbocycles. The van der Waals surface area contributed by atoms with Crippen molar-refractivity contribution in [1.82, 2.24) is 18.7 Å². The Bertz CT molecular complexity index is 1410. The van der Waals surface area contributed by atoms with Gasteiger partial charge < -0.3 is 9.88 Å². The molecule has 2 heterocycles. The lowest BCUT2D eigenvalue weighted by atomic mass is 10.0. The maximum absolute atomic E-state index is 13.5. The summed E-state index contributed by atoms with van der Waals surface area (Å²) in [4.78, 5) is 43.1. The highest BCUT2D eigenvalue weighted by Gasteiger charge is 2.27. The first-order valence-corrected chi connectivity index (χ1v) is 9.85. The number of rotatable bonds is 4. The molecule has 158 valence electrons. The summed E-state index contributed by atoms with van der Waals surface area (Å²) in [5.74, 6) is -0.310. The molecule has 0 radical (unpaired) electrons. The SMILES string of the molecule is Cc1ccc(C)c(NC(=O)[C@H](c2ccccc2)n2cnc3c2c(=O)n(C)c(=O)n3C)c1. The summed E-state index contributed by atoms with van der Waals surface area (Å²) in [5.41, 5.74) is 2.79. The van der Waals surface area contributed by atoms with Gasteiger partial charge in [0.15, 0.2) is 11.2 Å². The molecule has 0 spiro atoms. The minimum Gasteiger partial charge on any atom is -0.324 e. The number of hydrogen-bond acceptors (Lipinski definition) is 4. The molecule has 2 aromatic heterocycles. The van der Waals surface area contributed by atoms with Gasteiger partial charge in [-0.15, -0.1) is 0 Å². The zero-order valence-electron chi connectivity index (χ0n) is 17.8. The lowest BCUT2D eigenvalue weighted by Crippen LogP contribution is -2.38. The highest BCUT2D eigenvalue weighted by Crippen LogP contribution is 2.25. The molecule has 8 nitrogen and oxygen atoms in total. The van der Waals surface area contributed by atoms with E-state index < -0.39 is 17.3 Å². The molecule has 4 rings (SSSR count). The highest BCUT2D eigenvalue weighted by atomic mass is 16.2. The van der Waals surface area contributed by atoms with Crippen LogP contribution >= 0.6 is 0 Å². The number of imidazole rings is 1. The molecule has 8 heteroatoms. The van der Waals surface area contributed by atoms with Gasteiger partial charge in [-0.3, -0.25) is 18.7 Å². The second-order valence-corrected chi connectivity index (χ2v) is 7.65. The van der Waals surface area contributed by atoms with E-state index >= 15 is 0 Å². The van der Waals surface area contributed by atoms with Gasteiger partial charge in [0, 0.05) is 19.8 Å². The van der Waals surface area contributed by atoms with Crippen LogP contribution in [0.1, 0.15) is 22.7 Å². The minimum atomic E-state index is -0.851. The van der Waals surface area contributed by atoms with Crippen molar-refractivity contribution in [3.05, 3.63) is 92.4 Å². The first kappa shape index (κ1) is 20.3. The predicted octanol–water partition coefficient (Wildman–Crippen LogP) is 2.28. The summed E-state index contributed by atoms with van der Waals surface area (Å²) in [6, 6.07) is 14.2. The summed E-state index contributed by atoms with van der Waals surface area (Å²) in [6.07, 6.45) is 1.44. The zero-order chi connectivity index (χ0) is 22.3. The highest BCUT2D eigenvalue weighted by molar-refractivity contribution is 5.97. The lowest BCUT2D eigenvalue weighted by molar-refractivity contribution is -0.118. The second kappa shape index (κ2) is 7.71. The van der Waals surface area contributed by atoms with Crippen molar-refractivity contribution in [2.75, 3.05) is 5.32 Å². The molecule has 0 saturated carbocycles. The van der Waals surface area contributed by atoms with Gasteiger partial charge in [-0.25, -0.2) is 9.78 Å². The Labute approximate surface area is 178 Å². The first-order valence-electron chi connectivity index (χ1n) is 9.85. The van der Waals surface area contributed by atoms with Crippen molar-refractivity contribution < 1.29 is 4.79 Å². The standard InChI is InChI=1S/C23H23N5O3/c1-14-10-11-15(2)17(12-14)25-21(29)18(16-8-6-5-7-9-16)28-13-24-20-19(28)22(30)27(4)23(31)26(20)3/h5-13,18H,1-4H3,(H,25,29)/t18-/m0/s1. The summed E-state index contributed by atoms with van der Waals surface area (Å²) in [7, 11) is 2.96. The van der Waals surface area contributed by atoms with Crippen LogP contribution in [0.5, 0.6) is 0 Å². The number of nitrogens with one attached hydrogen (secondary N) is 1. The van der Waals surface area contributed by atoms with Gasteiger partial charge in [0.25, 0.3) is 11.5 Å². The molecule has 0 saturated heterocycles. The number of aromatic nitrogens is 4.